The Morgan fingerprint density at radius 3 is 2.17 bits per heavy atom. The van der Waals surface area contributed by atoms with Crippen LogP contribution in [0.1, 0.15) is 5.56 Å². The molecule has 0 aliphatic heterocycles. The van der Waals surface area contributed by atoms with Crippen LogP contribution in [0.5, 0.6) is 5.75 Å². The average molecular weight is 447 g/mol. The maximum absolute atomic E-state index is 12.4. The topological polar surface area (TPSA) is 87.5 Å². The van der Waals surface area contributed by atoms with Gasteiger partial charge < -0.3 is 4.74 Å². The van der Waals surface area contributed by atoms with E-state index in [2.05, 4.69) is 6.07 Å². The second-order valence-corrected chi connectivity index (χ2v) is 9.99. The quantitative estimate of drug-likeness (QED) is 0.419. The van der Waals surface area contributed by atoms with Crippen LogP contribution in [0.15, 0.2) is 64.9 Å². The molecule has 0 fully saturated rings. The molecule has 148 valence electrons. The normalized spacial score (nSPS) is 11.2. The molecule has 29 heavy (non-hydrogen) atoms. The van der Waals surface area contributed by atoms with Gasteiger partial charge in [-0.3, -0.25) is 4.79 Å². The Labute approximate surface area is 177 Å². The van der Waals surface area contributed by atoms with Crippen molar-refractivity contribution in [2.45, 2.75) is 4.21 Å². The highest BCUT2D eigenvalue weighted by molar-refractivity contribution is 7.91. The third-order valence-corrected chi connectivity index (χ3v) is 7.50. The number of esters is 1. The molecule has 9 heteroatoms. The minimum absolute atomic E-state index is 0.0598. The second kappa shape index (κ2) is 8.76. The summed E-state index contributed by atoms with van der Waals surface area (Å²) in [6, 6.07) is 18.8. The van der Waals surface area contributed by atoms with Gasteiger partial charge >= 0.3 is 5.97 Å². The zero-order valence-corrected chi connectivity index (χ0v) is 17.6. The number of sulfonamides is 1. The van der Waals surface area contributed by atoms with Crippen molar-refractivity contribution in [1.82, 2.24) is 4.31 Å². The molecule has 6 nitrogen and oxygen atoms in total. The molecule has 0 aliphatic rings. The van der Waals surface area contributed by atoms with Crippen LogP contribution in [-0.4, -0.2) is 32.3 Å². The van der Waals surface area contributed by atoms with Crippen LogP contribution in [0.3, 0.4) is 0 Å². The predicted octanol–water partition coefficient (Wildman–Crippen LogP) is 4.17. The first kappa shape index (κ1) is 21.0. The van der Waals surface area contributed by atoms with Gasteiger partial charge in [0.25, 0.3) is 10.0 Å². The molecule has 0 saturated heterocycles. The fourth-order valence-electron chi connectivity index (χ4n) is 2.47. The molecule has 0 N–H and O–H groups in total. The number of ether oxygens (including phenoxy) is 1. The van der Waals surface area contributed by atoms with E-state index < -0.39 is 22.5 Å². The van der Waals surface area contributed by atoms with Gasteiger partial charge in [-0.15, -0.1) is 11.3 Å². The number of benzene rings is 2. The number of rotatable bonds is 6. The standard InChI is InChI=1S/C20H15ClN2O4S2/c1-23(29(25,26)20-11-10-18(21)28-20)13-19(24)27-17-8-6-16(7-9-17)15-4-2-14(12-22)3-5-15/h2-11H,13H2,1H3. The highest BCUT2D eigenvalue weighted by atomic mass is 35.5. The number of halogens is 1. The van der Waals surface area contributed by atoms with E-state index in [0.717, 1.165) is 26.8 Å². The van der Waals surface area contributed by atoms with Gasteiger partial charge in [0.1, 0.15) is 16.5 Å². The van der Waals surface area contributed by atoms with E-state index in [1.807, 2.05) is 12.1 Å². The van der Waals surface area contributed by atoms with Crippen LogP contribution in [-0.2, 0) is 14.8 Å². The maximum atomic E-state index is 12.4. The largest absolute Gasteiger partial charge is 0.426 e. The van der Waals surface area contributed by atoms with Gasteiger partial charge in [-0.1, -0.05) is 35.9 Å². The average Bonchev–Trinajstić information content (AvgIpc) is 3.16. The Morgan fingerprint density at radius 1 is 1.07 bits per heavy atom. The number of carbonyl (C=O) groups excluding carboxylic acids is 1. The molecule has 0 unspecified atom stereocenters. The van der Waals surface area contributed by atoms with Crippen molar-refractivity contribution in [3.05, 3.63) is 70.6 Å². The summed E-state index contributed by atoms with van der Waals surface area (Å²) in [5, 5.41) is 8.85. The smallest absolute Gasteiger partial charge is 0.326 e. The lowest BCUT2D eigenvalue weighted by atomic mass is 10.0. The van der Waals surface area contributed by atoms with E-state index in [4.69, 9.17) is 21.6 Å². The van der Waals surface area contributed by atoms with Gasteiger partial charge in [0, 0.05) is 7.05 Å². The van der Waals surface area contributed by atoms with E-state index in [1.54, 1.807) is 36.4 Å². The Bertz CT molecular complexity index is 1160. The van der Waals surface area contributed by atoms with Crippen LogP contribution in [0.4, 0.5) is 0 Å². The fourth-order valence-corrected chi connectivity index (χ4v) is 5.28. The molecule has 0 aliphatic carbocycles. The molecule has 3 rings (SSSR count). The third kappa shape index (κ3) is 5.02. The Hall–Kier alpha value is -2.70. The SMILES string of the molecule is CN(CC(=O)Oc1ccc(-c2ccc(C#N)cc2)cc1)S(=O)(=O)c1ccc(Cl)s1. The van der Waals surface area contributed by atoms with Crippen LogP contribution < -0.4 is 4.74 Å². The van der Waals surface area contributed by atoms with E-state index in [-0.39, 0.29) is 4.21 Å². The summed E-state index contributed by atoms with van der Waals surface area (Å²) in [5.41, 5.74) is 2.38. The van der Waals surface area contributed by atoms with Crippen molar-refractivity contribution in [2.75, 3.05) is 13.6 Å². The summed E-state index contributed by atoms with van der Waals surface area (Å²) in [6.07, 6.45) is 0. The highest BCUT2D eigenvalue weighted by Gasteiger charge is 2.25. The predicted molar refractivity (Wildman–Crippen MR) is 111 cm³/mol. The monoisotopic (exact) mass is 446 g/mol. The van der Waals surface area contributed by atoms with E-state index in [9.17, 15) is 13.2 Å². The number of nitriles is 1. The molecule has 2 aromatic carbocycles. The number of hydrogen-bond donors (Lipinski definition) is 0. The zero-order valence-electron chi connectivity index (χ0n) is 15.2. The van der Waals surface area contributed by atoms with Crippen LogP contribution in [0.2, 0.25) is 4.34 Å². The molecule has 0 amide bonds. The van der Waals surface area contributed by atoms with E-state index >= 15 is 0 Å². The summed E-state index contributed by atoms with van der Waals surface area (Å²) in [5.74, 6) is -0.401. The number of thiophene rings is 1. The fraction of sp³-hybridized carbons (Fsp3) is 0.100. The van der Waals surface area contributed by atoms with Crippen molar-refractivity contribution >= 4 is 38.9 Å². The van der Waals surface area contributed by atoms with Crippen molar-refractivity contribution in [3.63, 3.8) is 0 Å². The lowest BCUT2D eigenvalue weighted by Gasteiger charge is -2.15. The zero-order chi connectivity index (χ0) is 21.0. The lowest BCUT2D eigenvalue weighted by Crippen LogP contribution is -2.33. The summed E-state index contributed by atoms with van der Waals surface area (Å²) in [4.78, 5) is 12.1. The van der Waals surface area contributed by atoms with Crippen LogP contribution >= 0.6 is 22.9 Å². The van der Waals surface area contributed by atoms with Gasteiger partial charge in [0.05, 0.1) is 16.0 Å². The van der Waals surface area contributed by atoms with Gasteiger partial charge in [0.2, 0.25) is 0 Å². The number of nitrogens with zero attached hydrogens (tertiary/aromatic N) is 2. The Balaban J connectivity index is 1.64. The molecule has 0 saturated carbocycles. The Morgan fingerprint density at radius 2 is 1.66 bits per heavy atom. The van der Waals surface area contributed by atoms with Gasteiger partial charge in [-0.05, 0) is 47.5 Å². The first-order valence-corrected chi connectivity index (χ1v) is 11.0. The lowest BCUT2D eigenvalue weighted by molar-refractivity contribution is -0.134. The summed E-state index contributed by atoms with van der Waals surface area (Å²) >= 11 is 6.71. The number of hydrogen-bond acceptors (Lipinski definition) is 6. The maximum Gasteiger partial charge on any atom is 0.326 e. The summed E-state index contributed by atoms with van der Waals surface area (Å²) in [7, 11) is -2.51. The van der Waals surface area contributed by atoms with Gasteiger partial charge in [-0.25, -0.2) is 8.42 Å². The molecule has 0 spiro atoms. The first-order chi connectivity index (χ1) is 13.8. The molecule has 0 atom stereocenters. The third-order valence-electron chi connectivity index (χ3n) is 4.00. The van der Waals surface area contributed by atoms with Gasteiger partial charge in [0.15, 0.2) is 0 Å². The first-order valence-electron chi connectivity index (χ1n) is 8.32. The molecule has 0 radical (unpaired) electrons. The van der Waals surface area contributed by atoms with Crippen LogP contribution in [0.25, 0.3) is 11.1 Å². The highest BCUT2D eigenvalue weighted by Crippen LogP contribution is 2.28. The molecule has 0 bridgehead atoms. The number of carbonyl (C=O) groups is 1. The molecule has 1 aromatic heterocycles. The number of likely N-dealkylation sites (N-methyl/N-ethyl adjacent to an activating group) is 1. The molecule has 3 aromatic rings. The summed E-state index contributed by atoms with van der Waals surface area (Å²) < 4.78 is 31.4. The summed E-state index contributed by atoms with van der Waals surface area (Å²) in [6.45, 7) is -0.435. The van der Waals surface area contributed by atoms with Gasteiger partial charge in [-0.2, -0.15) is 9.57 Å². The minimum Gasteiger partial charge on any atom is -0.426 e. The van der Waals surface area contributed by atoms with E-state index in [1.165, 1.54) is 19.2 Å². The van der Waals surface area contributed by atoms with Crippen molar-refractivity contribution in [3.8, 4) is 22.9 Å². The molecular weight excluding hydrogens is 432 g/mol. The Kier molecular flexibility index (Phi) is 6.35. The van der Waals surface area contributed by atoms with Crippen LogP contribution in [0, 0.1) is 11.3 Å². The van der Waals surface area contributed by atoms with Crippen molar-refractivity contribution in [2.24, 2.45) is 0 Å². The van der Waals surface area contributed by atoms with Crippen molar-refractivity contribution < 1.29 is 17.9 Å². The van der Waals surface area contributed by atoms with Crippen molar-refractivity contribution in [1.29, 1.82) is 5.26 Å². The van der Waals surface area contributed by atoms with E-state index in [0.29, 0.717) is 15.6 Å². The molecular formula is C20H15ClN2O4S2. The second-order valence-electron chi connectivity index (χ2n) is 6.01. The molecule has 1 heterocycles. The minimum atomic E-state index is -3.81.